The summed E-state index contributed by atoms with van der Waals surface area (Å²) in [6.45, 7) is 2.01. The molecular formula is C14H16N2O2. The van der Waals surface area contributed by atoms with Crippen LogP contribution in [0.3, 0.4) is 0 Å². The van der Waals surface area contributed by atoms with Gasteiger partial charge in [0.2, 0.25) is 0 Å². The molecular weight excluding hydrogens is 228 g/mol. The number of hydrogen-bond donors (Lipinski definition) is 1. The van der Waals surface area contributed by atoms with Crippen molar-refractivity contribution in [3.63, 3.8) is 0 Å². The van der Waals surface area contributed by atoms with Gasteiger partial charge in [-0.15, -0.1) is 0 Å². The molecule has 0 fully saturated rings. The second kappa shape index (κ2) is 5.40. The molecule has 2 aromatic rings. The van der Waals surface area contributed by atoms with Crippen molar-refractivity contribution in [3.05, 3.63) is 42.2 Å². The summed E-state index contributed by atoms with van der Waals surface area (Å²) in [6.07, 6.45) is 3.40. The van der Waals surface area contributed by atoms with E-state index < -0.39 is 0 Å². The average Bonchev–Trinajstić information content (AvgIpc) is 2.41. The van der Waals surface area contributed by atoms with Crippen molar-refractivity contribution < 1.29 is 9.47 Å². The van der Waals surface area contributed by atoms with Gasteiger partial charge in [0.25, 0.3) is 0 Å². The van der Waals surface area contributed by atoms with Gasteiger partial charge in [-0.25, -0.2) is 0 Å². The third kappa shape index (κ3) is 2.71. The number of ether oxygens (including phenoxy) is 2. The Balaban J connectivity index is 2.27. The first kappa shape index (κ1) is 12.2. The molecule has 4 nitrogen and oxygen atoms in total. The number of pyridine rings is 1. The van der Waals surface area contributed by atoms with E-state index in [0.717, 1.165) is 11.3 Å². The van der Waals surface area contributed by atoms with Gasteiger partial charge < -0.3 is 14.8 Å². The highest BCUT2D eigenvalue weighted by atomic mass is 16.5. The lowest BCUT2D eigenvalue weighted by Gasteiger charge is -2.11. The fourth-order valence-corrected chi connectivity index (χ4v) is 1.60. The highest BCUT2D eigenvalue weighted by Crippen LogP contribution is 2.32. The van der Waals surface area contributed by atoms with Crippen LogP contribution in [-0.4, -0.2) is 19.1 Å². The van der Waals surface area contributed by atoms with Gasteiger partial charge in [0.1, 0.15) is 5.75 Å². The first-order chi connectivity index (χ1) is 8.72. The molecule has 0 aliphatic rings. The minimum Gasteiger partial charge on any atom is -0.493 e. The van der Waals surface area contributed by atoms with Crippen LogP contribution in [0.2, 0.25) is 0 Å². The van der Waals surface area contributed by atoms with Crippen molar-refractivity contribution in [3.8, 4) is 17.2 Å². The molecule has 2 rings (SSSR count). The molecule has 0 saturated heterocycles. The lowest BCUT2D eigenvalue weighted by Crippen LogP contribution is -1.93. The zero-order valence-electron chi connectivity index (χ0n) is 10.7. The predicted octanol–water partition coefficient (Wildman–Crippen LogP) is 3.23. The Bertz CT molecular complexity index is 541. The van der Waals surface area contributed by atoms with Crippen LogP contribution in [0.4, 0.5) is 5.69 Å². The highest BCUT2D eigenvalue weighted by molar-refractivity contribution is 5.48. The van der Waals surface area contributed by atoms with Crippen LogP contribution in [0.5, 0.6) is 17.2 Å². The second-order valence-electron chi connectivity index (χ2n) is 3.92. The van der Waals surface area contributed by atoms with Gasteiger partial charge in [-0.05, 0) is 24.6 Å². The number of hydrogen-bond acceptors (Lipinski definition) is 4. The summed E-state index contributed by atoms with van der Waals surface area (Å²) < 4.78 is 11.1. The third-order valence-corrected chi connectivity index (χ3v) is 2.55. The first-order valence-electron chi connectivity index (χ1n) is 5.68. The third-order valence-electron chi connectivity index (χ3n) is 2.55. The number of aromatic nitrogens is 1. The molecule has 0 amide bonds. The Labute approximate surface area is 107 Å². The number of benzene rings is 1. The van der Waals surface area contributed by atoms with E-state index in [-0.39, 0.29) is 0 Å². The second-order valence-corrected chi connectivity index (χ2v) is 3.92. The molecule has 0 bridgehead atoms. The van der Waals surface area contributed by atoms with Crippen LogP contribution in [0.25, 0.3) is 0 Å². The zero-order chi connectivity index (χ0) is 13.0. The van der Waals surface area contributed by atoms with Crippen LogP contribution in [-0.2, 0) is 0 Å². The molecule has 0 radical (unpaired) electrons. The molecule has 0 saturated carbocycles. The maximum absolute atomic E-state index is 5.77. The monoisotopic (exact) mass is 244 g/mol. The van der Waals surface area contributed by atoms with Gasteiger partial charge >= 0.3 is 0 Å². The normalized spacial score (nSPS) is 9.94. The lowest BCUT2D eigenvalue weighted by molar-refractivity contribution is 0.378. The topological polar surface area (TPSA) is 43.4 Å². The number of methoxy groups -OCH3 is 1. The number of rotatable bonds is 4. The Morgan fingerprint density at radius 1 is 1.11 bits per heavy atom. The SMILES string of the molecule is CNc1cncc(Oc2ccc(C)cc2OC)c1. The highest BCUT2D eigenvalue weighted by Gasteiger charge is 2.06. The van der Waals surface area contributed by atoms with Crippen LogP contribution >= 0.6 is 0 Å². The molecule has 0 atom stereocenters. The van der Waals surface area contributed by atoms with Crippen molar-refractivity contribution >= 4 is 5.69 Å². The fourth-order valence-electron chi connectivity index (χ4n) is 1.60. The minimum absolute atomic E-state index is 0.670. The van der Waals surface area contributed by atoms with Crippen molar-refractivity contribution in [2.75, 3.05) is 19.5 Å². The molecule has 0 aliphatic heterocycles. The Kier molecular flexibility index (Phi) is 3.67. The summed E-state index contributed by atoms with van der Waals surface area (Å²) in [6, 6.07) is 7.68. The van der Waals surface area contributed by atoms with E-state index in [1.165, 1.54) is 0 Å². The molecule has 4 heteroatoms. The molecule has 94 valence electrons. The zero-order valence-corrected chi connectivity index (χ0v) is 10.7. The Hall–Kier alpha value is -2.23. The molecule has 0 spiro atoms. The van der Waals surface area contributed by atoms with E-state index in [1.54, 1.807) is 19.5 Å². The minimum atomic E-state index is 0.670. The van der Waals surface area contributed by atoms with Gasteiger partial charge in [0, 0.05) is 13.1 Å². The average molecular weight is 244 g/mol. The number of nitrogens with zero attached hydrogens (tertiary/aromatic N) is 1. The summed E-state index contributed by atoms with van der Waals surface area (Å²) in [7, 11) is 3.47. The van der Waals surface area contributed by atoms with Gasteiger partial charge in [-0.2, -0.15) is 0 Å². The molecule has 0 unspecified atom stereocenters. The summed E-state index contributed by atoms with van der Waals surface area (Å²) >= 11 is 0. The van der Waals surface area contributed by atoms with E-state index in [2.05, 4.69) is 10.3 Å². The smallest absolute Gasteiger partial charge is 0.169 e. The molecule has 1 aromatic carbocycles. The van der Waals surface area contributed by atoms with Crippen LogP contribution in [0, 0.1) is 6.92 Å². The number of nitrogens with one attached hydrogen (secondary N) is 1. The van der Waals surface area contributed by atoms with Crippen molar-refractivity contribution in [2.45, 2.75) is 6.92 Å². The Morgan fingerprint density at radius 2 is 1.94 bits per heavy atom. The van der Waals surface area contributed by atoms with E-state index in [9.17, 15) is 0 Å². The van der Waals surface area contributed by atoms with Gasteiger partial charge in [0.05, 0.1) is 25.2 Å². The maximum atomic E-state index is 5.77. The fraction of sp³-hybridized carbons (Fsp3) is 0.214. The quantitative estimate of drug-likeness (QED) is 0.896. The predicted molar refractivity (Wildman–Crippen MR) is 71.6 cm³/mol. The summed E-state index contributed by atoms with van der Waals surface area (Å²) in [4.78, 5) is 4.10. The van der Waals surface area contributed by atoms with E-state index in [4.69, 9.17) is 9.47 Å². The summed E-state index contributed by atoms with van der Waals surface area (Å²) in [5, 5.41) is 3.02. The first-order valence-corrected chi connectivity index (χ1v) is 5.68. The molecule has 0 aliphatic carbocycles. The lowest BCUT2D eigenvalue weighted by atomic mass is 10.2. The van der Waals surface area contributed by atoms with Crippen molar-refractivity contribution in [1.82, 2.24) is 4.98 Å². The van der Waals surface area contributed by atoms with Gasteiger partial charge in [-0.3, -0.25) is 4.98 Å². The summed E-state index contributed by atoms with van der Waals surface area (Å²) in [5.74, 6) is 2.06. The number of anilines is 1. The van der Waals surface area contributed by atoms with E-state index in [0.29, 0.717) is 17.2 Å². The van der Waals surface area contributed by atoms with Gasteiger partial charge in [-0.1, -0.05) is 6.07 Å². The van der Waals surface area contributed by atoms with Crippen LogP contribution in [0.1, 0.15) is 5.56 Å². The van der Waals surface area contributed by atoms with Crippen LogP contribution in [0.15, 0.2) is 36.7 Å². The van der Waals surface area contributed by atoms with E-state index >= 15 is 0 Å². The molecule has 18 heavy (non-hydrogen) atoms. The van der Waals surface area contributed by atoms with Crippen molar-refractivity contribution in [1.29, 1.82) is 0 Å². The number of aryl methyl sites for hydroxylation is 1. The standard InChI is InChI=1S/C14H16N2O2/c1-10-4-5-13(14(6-10)17-3)18-12-7-11(15-2)8-16-9-12/h4-9,15H,1-3H3. The van der Waals surface area contributed by atoms with E-state index in [1.807, 2.05) is 38.2 Å². The van der Waals surface area contributed by atoms with Gasteiger partial charge in [0.15, 0.2) is 11.5 Å². The summed E-state index contributed by atoms with van der Waals surface area (Å²) in [5.41, 5.74) is 2.03. The molecule has 1 aromatic heterocycles. The van der Waals surface area contributed by atoms with Crippen molar-refractivity contribution in [2.24, 2.45) is 0 Å². The van der Waals surface area contributed by atoms with Crippen LogP contribution < -0.4 is 14.8 Å². The largest absolute Gasteiger partial charge is 0.493 e. The Morgan fingerprint density at radius 3 is 2.67 bits per heavy atom. The molecule has 1 heterocycles. The molecule has 1 N–H and O–H groups in total. The maximum Gasteiger partial charge on any atom is 0.169 e.